The molecule has 0 bridgehead atoms. The van der Waals surface area contributed by atoms with Crippen molar-refractivity contribution in [2.24, 2.45) is 0 Å². The Morgan fingerprint density at radius 3 is 2.67 bits per heavy atom. The Balaban J connectivity index is 2.95. The summed E-state index contributed by atoms with van der Waals surface area (Å²) in [7, 11) is 0. The minimum atomic E-state index is -0.393. The molecule has 0 spiro atoms. The van der Waals surface area contributed by atoms with Crippen molar-refractivity contribution in [3.63, 3.8) is 0 Å². The Morgan fingerprint density at radius 2 is 2.08 bits per heavy atom. The molecule has 72 valence electrons. The van der Waals surface area contributed by atoms with Crippen LogP contribution in [0.2, 0.25) is 0 Å². The number of rotatable bonds is 7. The minimum Gasteiger partial charge on any atom is -0.462 e. The van der Waals surface area contributed by atoms with Gasteiger partial charge in [-0.25, -0.2) is 0 Å². The van der Waals surface area contributed by atoms with Gasteiger partial charge in [-0.3, -0.25) is 4.79 Å². The van der Waals surface area contributed by atoms with E-state index in [4.69, 9.17) is 16.3 Å². The SMILES string of the molecule is CCCCOCCOC(=O)CCl. The first-order valence-electron chi connectivity index (χ1n) is 4.10. The summed E-state index contributed by atoms with van der Waals surface area (Å²) < 4.78 is 9.82. The zero-order valence-electron chi connectivity index (χ0n) is 7.35. The van der Waals surface area contributed by atoms with Gasteiger partial charge in [0.05, 0.1) is 6.61 Å². The number of hydrogen-bond donors (Lipinski definition) is 0. The van der Waals surface area contributed by atoms with Crippen molar-refractivity contribution < 1.29 is 14.3 Å². The quantitative estimate of drug-likeness (QED) is 0.351. The molecule has 0 aliphatic heterocycles. The molecule has 0 aromatic heterocycles. The Hall–Kier alpha value is -0.280. The number of halogens is 1. The molecule has 0 amide bonds. The van der Waals surface area contributed by atoms with Gasteiger partial charge in [0.1, 0.15) is 12.5 Å². The number of ether oxygens (including phenoxy) is 2. The van der Waals surface area contributed by atoms with Gasteiger partial charge in [-0.15, -0.1) is 11.6 Å². The van der Waals surface area contributed by atoms with Crippen molar-refractivity contribution in [1.29, 1.82) is 0 Å². The smallest absolute Gasteiger partial charge is 0.320 e. The summed E-state index contributed by atoms with van der Waals surface area (Å²) in [6.07, 6.45) is 2.16. The van der Waals surface area contributed by atoms with Gasteiger partial charge in [-0.2, -0.15) is 0 Å². The van der Waals surface area contributed by atoms with Crippen LogP contribution in [-0.4, -0.2) is 31.7 Å². The van der Waals surface area contributed by atoms with E-state index in [1.54, 1.807) is 0 Å². The molecular formula is C8H15ClO3. The van der Waals surface area contributed by atoms with E-state index < -0.39 is 5.97 Å². The Labute approximate surface area is 78.0 Å². The van der Waals surface area contributed by atoms with Crippen LogP contribution >= 0.6 is 11.6 Å². The highest BCUT2D eigenvalue weighted by molar-refractivity contribution is 6.26. The standard InChI is InChI=1S/C8H15ClO3/c1-2-3-4-11-5-6-12-8(10)7-9/h2-7H2,1H3. The molecule has 0 saturated carbocycles. The van der Waals surface area contributed by atoms with E-state index in [1.807, 2.05) is 0 Å². The number of carbonyl (C=O) groups excluding carboxylic acids is 1. The molecule has 0 atom stereocenters. The molecule has 0 aromatic rings. The van der Waals surface area contributed by atoms with Gasteiger partial charge in [0, 0.05) is 6.61 Å². The minimum absolute atomic E-state index is 0.0883. The highest BCUT2D eigenvalue weighted by Crippen LogP contribution is 1.88. The summed E-state index contributed by atoms with van der Waals surface area (Å²) in [5, 5.41) is 0. The summed E-state index contributed by atoms with van der Waals surface area (Å²) in [5.41, 5.74) is 0. The summed E-state index contributed by atoms with van der Waals surface area (Å²) in [5.74, 6) is -0.481. The Morgan fingerprint density at radius 1 is 1.33 bits per heavy atom. The number of hydrogen-bond acceptors (Lipinski definition) is 3. The fourth-order valence-electron chi connectivity index (χ4n) is 0.601. The Kier molecular flexibility index (Phi) is 8.61. The Bertz CT molecular complexity index is 117. The highest BCUT2D eigenvalue weighted by atomic mass is 35.5. The van der Waals surface area contributed by atoms with Crippen molar-refractivity contribution in [3.8, 4) is 0 Å². The normalized spacial score (nSPS) is 9.83. The number of alkyl halides is 1. The maximum atomic E-state index is 10.5. The van der Waals surface area contributed by atoms with Crippen LogP contribution in [0.1, 0.15) is 19.8 Å². The molecule has 0 saturated heterocycles. The van der Waals surface area contributed by atoms with E-state index >= 15 is 0 Å². The molecule has 0 aliphatic carbocycles. The topological polar surface area (TPSA) is 35.5 Å². The second kappa shape index (κ2) is 8.81. The molecule has 0 heterocycles. The summed E-state index contributed by atoms with van der Waals surface area (Å²) in [4.78, 5) is 10.5. The summed E-state index contributed by atoms with van der Waals surface area (Å²) in [6.45, 7) is 3.59. The lowest BCUT2D eigenvalue weighted by Crippen LogP contribution is -2.11. The molecule has 0 aromatic carbocycles. The number of esters is 1. The van der Waals surface area contributed by atoms with Gasteiger partial charge in [-0.1, -0.05) is 13.3 Å². The van der Waals surface area contributed by atoms with Crippen LogP contribution in [0.5, 0.6) is 0 Å². The van der Waals surface area contributed by atoms with Crippen molar-refractivity contribution in [3.05, 3.63) is 0 Å². The van der Waals surface area contributed by atoms with Crippen LogP contribution in [-0.2, 0) is 14.3 Å². The van der Waals surface area contributed by atoms with Crippen LogP contribution in [0.4, 0.5) is 0 Å². The zero-order chi connectivity index (χ0) is 9.23. The average Bonchev–Trinajstić information content (AvgIpc) is 2.10. The molecule has 0 unspecified atom stereocenters. The number of unbranched alkanes of at least 4 members (excludes halogenated alkanes) is 1. The fraction of sp³-hybridized carbons (Fsp3) is 0.875. The zero-order valence-corrected chi connectivity index (χ0v) is 8.10. The molecule has 3 nitrogen and oxygen atoms in total. The first kappa shape index (κ1) is 11.7. The van der Waals surface area contributed by atoms with E-state index in [0.29, 0.717) is 13.2 Å². The van der Waals surface area contributed by atoms with Gasteiger partial charge in [0.15, 0.2) is 0 Å². The molecular weight excluding hydrogens is 180 g/mol. The van der Waals surface area contributed by atoms with Crippen molar-refractivity contribution in [1.82, 2.24) is 0 Å². The van der Waals surface area contributed by atoms with Crippen LogP contribution in [0, 0.1) is 0 Å². The lowest BCUT2D eigenvalue weighted by atomic mass is 10.4. The fourth-order valence-corrected chi connectivity index (χ4v) is 0.679. The second-order valence-corrected chi connectivity index (χ2v) is 2.59. The molecule has 4 heteroatoms. The predicted molar refractivity (Wildman–Crippen MR) is 47.4 cm³/mol. The molecule has 0 fully saturated rings. The second-order valence-electron chi connectivity index (χ2n) is 2.32. The lowest BCUT2D eigenvalue weighted by Gasteiger charge is -2.03. The first-order valence-corrected chi connectivity index (χ1v) is 4.64. The molecule has 0 radical (unpaired) electrons. The third-order valence-electron chi connectivity index (χ3n) is 1.24. The molecule has 12 heavy (non-hydrogen) atoms. The van der Waals surface area contributed by atoms with Gasteiger partial charge < -0.3 is 9.47 Å². The van der Waals surface area contributed by atoms with Crippen LogP contribution in [0.15, 0.2) is 0 Å². The number of carbonyl (C=O) groups is 1. The summed E-state index contributed by atoms with van der Waals surface area (Å²) in [6, 6.07) is 0. The maximum absolute atomic E-state index is 10.5. The van der Waals surface area contributed by atoms with E-state index in [9.17, 15) is 4.79 Å². The van der Waals surface area contributed by atoms with Crippen molar-refractivity contribution in [2.75, 3.05) is 25.7 Å². The third-order valence-corrected chi connectivity index (χ3v) is 1.46. The highest BCUT2D eigenvalue weighted by Gasteiger charge is 1.97. The monoisotopic (exact) mass is 194 g/mol. The van der Waals surface area contributed by atoms with Gasteiger partial charge in [0.2, 0.25) is 0 Å². The van der Waals surface area contributed by atoms with Crippen molar-refractivity contribution >= 4 is 17.6 Å². The van der Waals surface area contributed by atoms with E-state index in [1.165, 1.54) is 0 Å². The molecule has 0 N–H and O–H groups in total. The largest absolute Gasteiger partial charge is 0.462 e. The van der Waals surface area contributed by atoms with Gasteiger partial charge in [-0.05, 0) is 6.42 Å². The predicted octanol–water partition coefficient (Wildman–Crippen LogP) is 1.59. The molecule has 0 aliphatic rings. The van der Waals surface area contributed by atoms with E-state index in [-0.39, 0.29) is 5.88 Å². The van der Waals surface area contributed by atoms with Crippen LogP contribution < -0.4 is 0 Å². The van der Waals surface area contributed by atoms with Crippen LogP contribution in [0.25, 0.3) is 0 Å². The summed E-state index contributed by atoms with van der Waals surface area (Å²) >= 11 is 5.20. The van der Waals surface area contributed by atoms with E-state index in [0.717, 1.165) is 19.4 Å². The maximum Gasteiger partial charge on any atom is 0.320 e. The molecule has 0 rings (SSSR count). The van der Waals surface area contributed by atoms with Crippen molar-refractivity contribution in [2.45, 2.75) is 19.8 Å². The van der Waals surface area contributed by atoms with Gasteiger partial charge >= 0.3 is 5.97 Å². The van der Waals surface area contributed by atoms with Gasteiger partial charge in [0.25, 0.3) is 0 Å². The third kappa shape index (κ3) is 7.82. The lowest BCUT2D eigenvalue weighted by molar-refractivity contribution is -0.142. The van der Waals surface area contributed by atoms with E-state index in [2.05, 4.69) is 11.7 Å². The van der Waals surface area contributed by atoms with Crippen LogP contribution in [0.3, 0.4) is 0 Å². The average molecular weight is 195 g/mol. The first-order chi connectivity index (χ1) is 5.81.